The summed E-state index contributed by atoms with van der Waals surface area (Å²) >= 11 is 0. The van der Waals surface area contributed by atoms with Gasteiger partial charge in [-0.3, -0.25) is 14.5 Å². The number of imide groups is 1. The first-order valence-corrected chi connectivity index (χ1v) is 8.47. The van der Waals surface area contributed by atoms with E-state index in [9.17, 15) is 14.4 Å². The molecule has 0 radical (unpaired) electrons. The molecule has 1 aromatic carbocycles. The van der Waals surface area contributed by atoms with E-state index in [1.807, 2.05) is 24.3 Å². The predicted octanol–water partition coefficient (Wildman–Crippen LogP) is 1.68. The summed E-state index contributed by atoms with van der Waals surface area (Å²) < 4.78 is 0. The third kappa shape index (κ3) is 3.13. The Kier molecular flexibility index (Phi) is 4.30. The quantitative estimate of drug-likeness (QED) is 0.780. The van der Waals surface area contributed by atoms with Crippen LogP contribution in [0.1, 0.15) is 44.2 Å². The summed E-state index contributed by atoms with van der Waals surface area (Å²) in [6.45, 7) is 3.56. The first-order chi connectivity index (χ1) is 11.4. The standard InChI is InChI=1S/C18H23N3O3/c1-3-4-12-5-7-13(8-6-12)18(2)16(23)21(17(24)20-18)11-15(22)19-14-9-10-14/h5-8,14H,3-4,9-11H2,1-2H3,(H,19,22)(H,20,24). The fourth-order valence-electron chi connectivity index (χ4n) is 2.97. The number of amides is 4. The van der Waals surface area contributed by atoms with Crippen LogP contribution in [0.3, 0.4) is 0 Å². The van der Waals surface area contributed by atoms with Crippen molar-refractivity contribution in [3.8, 4) is 0 Å². The van der Waals surface area contributed by atoms with E-state index in [0.29, 0.717) is 0 Å². The number of carbonyl (C=O) groups is 3. The van der Waals surface area contributed by atoms with Gasteiger partial charge in [-0.2, -0.15) is 0 Å². The molecule has 24 heavy (non-hydrogen) atoms. The molecule has 2 aliphatic rings. The number of aryl methyl sites for hydroxylation is 1. The van der Waals surface area contributed by atoms with Gasteiger partial charge in [0.25, 0.3) is 5.91 Å². The Balaban J connectivity index is 1.74. The number of benzene rings is 1. The van der Waals surface area contributed by atoms with Crippen LogP contribution in [0.2, 0.25) is 0 Å². The molecule has 1 aliphatic carbocycles. The van der Waals surface area contributed by atoms with Crippen LogP contribution in [-0.2, 0) is 21.5 Å². The maximum absolute atomic E-state index is 12.7. The van der Waals surface area contributed by atoms with E-state index in [1.54, 1.807) is 6.92 Å². The van der Waals surface area contributed by atoms with Crippen molar-refractivity contribution >= 4 is 17.8 Å². The highest BCUT2D eigenvalue weighted by Crippen LogP contribution is 2.29. The minimum absolute atomic E-state index is 0.204. The van der Waals surface area contributed by atoms with E-state index in [4.69, 9.17) is 0 Å². The van der Waals surface area contributed by atoms with Crippen molar-refractivity contribution in [3.05, 3.63) is 35.4 Å². The number of nitrogens with zero attached hydrogens (tertiary/aromatic N) is 1. The summed E-state index contributed by atoms with van der Waals surface area (Å²) in [6.07, 6.45) is 3.96. The first-order valence-electron chi connectivity index (χ1n) is 8.47. The van der Waals surface area contributed by atoms with E-state index in [0.717, 1.165) is 36.1 Å². The highest BCUT2D eigenvalue weighted by Gasteiger charge is 2.49. The monoisotopic (exact) mass is 329 g/mol. The molecular weight excluding hydrogens is 306 g/mol. The average Bonchev–Trinajstić information content (AvgIpc) is 3.33. The fraction of sp³-hybridized carbons (Fsp3) is 0.500. The van der Waals surface area contributed by atoms with Crippen molar-refractivity contribution < 1.29 is 14.4 Å². The highest BCUT2D eigenvalue weighted by atomic mass is 16.2. The number of nitrogens with one attached hydrogen (secondary N) is 2. The molecule has 0 bridgehead atoms. The van der Waals surface area contributed by atoms with Gasteiger partial charge in [0.2, 0.25) is 5.91 Å². The average molecular weight is 329 g/mol. The van der Waals surface area contributed by atoms with Crippen molar-refractivity contribution in [1.82, 2.24) is 15.5 Å². The molecule has 1 aliphatic heterocycles. The lowest BCUT2D eigenvalue weighted by Crippen LogP contribution is -2.43. The number of hydrogen-bond donors (Lipinski definition) is 2. The van der Waals surface area contributed by atoms with E-state index in [1.165, 1.54) is 5.56 Å². The second kappa shape index (κ2) is 6.26. The van der Waals surface area contributed by atoms with Gasteiger partial charge in [-0.05, 0) is 37.3 Å². The number of urea groups is 1. The van der Waals surface area contributed by atoms with Crippen molar-refractivity contribution in [2.75, 3.05) is 6.54 Å². The van der Waals surface area contributed by atoms with Gasteiger partial charge in [0.15, 0.2) is 0 Å². The lowest BCUT2D eigenvalue weighted by atomic mass is 9.91. The number of rotatable bonds is 6. The van der Waals surface area contributed by atoms with Crippen LogP contribution < -0.4 is 10.6 Å². The Bertz CT molecular complexity index is 667. The van der Waals surface area contributed by atoms with E-state index >= 15 is 0 Å². The maximum Gasteiger partial charge on any atom is 0.325 e. The van der Waals surface area contributed by atoms with E-state index in [-0.39, 0.29) is 24.4 Å². The van der Waals surface area contributed by atoms with Gasteiger partial charge in [0.05, 0.1) is 0 Å². The van der Waals surface area contributed by atoms with Crippen LogP contribution in [0.25, 0.3) is 0 Å². The molecule has 0 spiro atoms. The van der Waals surface area contributed by atoms with Crippen molar-refractivity contribution in [2.45, 2.75) is 51.1 Å². The molecule has 1 heterocycles. The Morgan fingerprint density at radius 1 is 1.29 bits per heavy atom. The summed E-state index contributed by atoms with van der Waals surface area (Å²) in [6, 6.07) is 7.38. The Hall–Kier alpha value is -2.37. The minimum Gasteiger partial charge on any atom is -0.352 e. The van der Waals surface area contributed by atoms with Crippen LogP contribution in [0.4, 0.5) is 4.79 Å². The molecule has 1 saturated carbocycles. The van der Waals surface area contributed by atoms with Crippen LogP contribution in [-0.4, -0.2) is 35.3 Å². The molecule has 6 heteroatoms. The third-order valence-electron chi connectivity index (χ3n) is 4.59. The molecule has 6 nitrogen and oxygen atoms in total. The second-order valence-electron chi connectivity index (χ2n) is 6.74. The van der Waals surface area contributed by atoms with Gasteiger partial charge in [0, 0.05) is 6.04 Å². The zero-order valence-electron chi connectivity index (χ0n) is 14.1. The summed E-state index contributed by atoms with van der Waals surface area (Å²) in [4.78, 5) is 37.9. The summed E-state index contributed by atoms with van der Waals surface area (Å²) in [7, 11) is 0. The highest BCUT2D eigenvalue weighted by molar-refractivity contribution is 6.09. The SMILES string of the molecule is CCCc1ccc(C2(C)NC(=O)N(CC(=O)NC3CC3)C2=O)cc1. The van der Waals surface area contributed by atoms with Crippen molar-refractivity contribution in [1.29, 1.82) is 0 Å². The van der Waals surface area contributed by atoms with Crippen LogP contribution in [0.15, 0.2) is 24.3 Å². The molecule has 3 rings (SSSR count). The zero-order chi connectivity index (χ0) is 17.3. The smallest absolute Gasteiger partial charge is 0.325 e. The van der Waals surface area contributed by atoms with E-state index in [2.05, 4.69) is 17.6 Å². The molecule has 2 fully saturated rings. The Labute approximate surface area is 141 Å². The van der Waals surface area contributed by atoms with Gasteiger partial charge in [0.1, 0.15) is 12.1 Å². The molecule has 128 valence electrons. The van der Waals surface area contributed by atoms with Crippen LogP contribution in [0.5, 0.6) is 0 Å². The second-order valence-corrected chi connectivity index (χ2v) is 6.74. The molecule has 2 N–H and O–H groups in total. The maximum atomic E-state index is 12.7. The first kappa shape index (κ1) is 16.5. The predicted molar refractivity (Wildman–Crippen MR) is 89.2 cm³/mol. The Morgan fingerprint density at radius 3 is 2.54 bits per heavy atom. The van der Waals surface area contributed by atoms with E-state index < -0.39 is 11.6 Å². The lowest BCUT2D eigenvalue weighted by Gasteiger charge is -2.22. The van der Waals surface area contributed by atoms with Crippen LogP contribution in [0, 0.1) is 0 Å². The summed E-state index contributed by atoms with van der Waals surface area (Å²) in [5, 5.41) is 5.53. The van der Waals surface area contributed by atoms with Gasteiger partial charge in [-0.25, -0.2) is 4.79 Å². The van der Waals surface area contributed by atoms with Gasteiger partial charge in [-0.15, -0.1) is 0 Å². The normalized spacial score (nSPS) is 23.3. The lowest BCUT2D eigenvalue weighted by molar-refractivity contribution is -0.134. The summed E-state index contributed by atoms with van der Waals surface area (Å²) in [5.74, 6) is -0.676. The molecule has 0 aromatic heterocycles. The molecule has 1 atom stereocenters. The van der Waals surface area contributed by atoms with Crippen molar-refractivity contribution in [3.63, 3.8) is 0 Å². The third-order valence-corrected chi connectivity index (χ3v) is 4.59. The molecular formula is C18H23N3O3. The van der Waals surface area contributed by atoms with Gasteiger partial charge in [-0.1, -0.05) is 37.6 Å². The number of carbonyl (C=O) groups excluding carboxylic acids is 3. The minimum atomic E-state index is -1.12. The molecule has 4 amide bonds. The zero-order valence-corrected chi connectivity index (χ0v) is 14.1. The fourth-order valence-corrected chi connectivity index (χ4v) is 2.97. The molecule has 1 unspecified atom stereocenters. The molecule has 1 saturated heterocycles. The largest absolute Gasteiger partial charge is 0.352 e. The number of hydrogen-bond acceptors (Lipinski definition) is 3. The molecule has 1 aromatic rings. The van der Waals surface area contributed by atoms with Gasteiger partial charge < -0.3 is 10.6 Å². The van der Waals surface area contributed by atoms with Gasteiger partial charge >= 0.3 is 6.03 Å². The van der Waals surface area contributed by atoms with Crippen molar-refractivity contribution in [2.24, 2.45) is 0 Å². The van der Waals surface area contributed by atoms with Crippen LogP contribution >= 0.6 is 0 Å². The summed E-state index contributed by atoms with van der Waals surface area (Å²) in [5.41, 5.74) is 0.801. The Morgan fingerprint density at radius 2 is 1.96 bits per heavy atom. The topological polar surface area (TPSA) is 78.5 Å².